The Balaban J connectivity index is 0.000000453. The van der Waals surface area contributed by atoms with Gasteiger partial charge in [-0.1, -0.05) is 7.43 Å². The van der Waals surface area contributed by atoms with Gasteiger partial charge in [-0.15, -0.1) is 0 Å². The van der Waals surface area contributed by atoms with Crippen LogP contribution in [0.15, 0.2) is 48.8 Å². The molecular formula is C25H34N6O2. The predicted molar refractivity (Wildman–Crippen MR) is 133 cm³/mol. The Morgan fingerprint density at radius 1 is 1.06 bits per heavy atom. The average molecular weight is 451 g/mol. The van der Waals surface area contributed by atoms with Gasteiger partial charge in [0, 0.05) is 36.6 Å². The van der Waals surface area contributed by atoms with Crippen LogP contribution in [0.25, 0.3) is 10.9 Å². The first-order valence-electron chi connectivity index (χ1n) is 11.2. The minimum absolute atomic E-state index is 0. The van der Waals surface area contributed by atoms with Gasteiger partial charge in [0.05, 0.1) is 0 Å². The highest BCUT2D eigenvalue weighted by Crippen LogP contribution is 2.28. The quantitative estimate of drug-likeness (QED) is 0.508. The largest absolute Gasteiger partial charge is 0.487 e. The van der Waals surface area contributed by atoms with E-state index in [2.05, 4.69) is 20.6 Å². The Kier molecular flexibility index (Phi) is 8.83. The molecule has 33 heavy (non-hydrogen) atoms. The zero-order chi connectivity index (χ0) is 22.2. The van der Waals surface area contributed by atoms with Crippen LogP contribution in [-0.4, -0.2) is 47.1 Å². The number of likely N-dealkylation sites (tertiary alicyclic amines) is 1. The van der Waals surface area contributed by atoms with Gasteiger partial charge in [-0.05, 0) is 80.7 Å². The molecular weight excluding hydrogens is 416 g/mol. The number of nitrogens with one attached hydrogen (secondary N) is 2. The van der Waals surface area contributed by atoms with Crippen molar-refractivity contribution < 1.29 is 9.53 Å². The van der Waals surface area contributed by atoms with Crippen molar-refractivity contribution in [3.8, 4) is 5.75 Å². The molecule has 5 rings (SSSR count). The first-order valence-corrected chi connectivity index (χ1v) is 11.2. The van der Waals surface area contributed by atoms with Crippen LogP contribution in [0.1, 0.15) is 38.7 Å². The van der Waals surface area contributed by atoms with Gasteiger partial charge in [-0.2, -0.15) is 0 Å². The van der Waals surface area contributed by atoms with E-state index in [-0.39, 0.29) is 13.5 Å². The second kappa shape index (κ2) is 12.0. The normalized spacial score (nSPS) is 14.8. The summed E-state index contributed by atoms with van der Waals surface area (Å²) in [5, 5.41) is 6.94. The number of carbonyl (C=O) groups is 1. The number of pyridine rings is 2. The Hall–Kier alpha value is -3.39. The van der Waals surface area contributed by atoms with Crippen molar-refractivity contribution in [1.29, 1.82) is 0 Å². The monoisotopic (exact) mass is 450 g/mol. The molecule has 8 heteroatoms. The fraction of sp³-hybridized carbons (Fsp3) is 0.400. The minimum Gasteiger partial charge on any atom is -0.487 e. The third-order valence-electron chi connectivity index (χ3n) is 5.57. The van der Waals surface area contributed by atoms with Crippen molar-refractivity contribution in [2.24, 2.45) is 0 Å². The second-order valence-electron chi connectivity index (χ2n) is 7.97. The molecule has 2 fully saturated rings. The highest BCUT2D eigenvalue weighted by Gasteiger charge is 2.18. The number of amides is 2. The standard InChI is InChI=1S/C20H21N5O2.C4H9N.CH4/c21-16-5-6-17(19-15(16)4-3-8-23-19)27-13-14-7-9-22-18(12-14)24-20(26)25-10-1-2-11-25;1-2-4-5-3-1;/h3-9,12H,1-2,10-11,13,21H2,(H,22,24,26);5H,1-4H2;1H4. The molecule has 0 bridgehead atoms. The zero-order valence-corrected chi connectivity index (χ0v) is 18.2. The molecule has 2 aliphatic heterocycles. The lowest BCUT2D eigenvalue weighted by atomic mass is 10.1. The molecule has 4 heterocycles. The molecule has 176 valence electrons. The maximum atomic E-state index is 12.2. The number of urea groups is 1. The average Bonchev–Trinajstić information content (AvgIpc) is 3.56. The summed E-state index contributed by atoms with van der Waals surface area (Å²) in [5.74, 6) is 1.19. The van der Waals surface area contributed by atoms with E-state index in [1.807, 2.05) is 36.4 Å². The Bertz CT molecular complexity index is 1040. The van der Waals surface area contributed by atoms with Gasteiger partial charge in [-0.25, -0.2) is 9.78 Å². The number of hydrogen-bond acceptors (Lipinski definition) is 6. The maximum Gasteiger partial charge on any atom is 0.323 e. The van der Waals surface area contributed by atoms with E-state index in [1.165, 1.54) is 25.9 Å². The SMILES string of the molecule is C.C1CCNC1.Nc1ccc(OCc2ccnc(NC(=O)N3CCCC3)c2)c2ncccc12. The molecule has 0 spiro atoms. The number of ether oxygens (including phenoxy) is 1. The van der Waals surface area contributed by atoms with E-state index < -0.39 is 0 Å². The number of nitrogen functional groups attached to an aromatic ring is 1. The van der Waals surface area contributed by atoms with Crippen LogP contribution in [0, 0.1) is 0 Å². The fourth-order valence-corrected chi connectivity index (χ4v) is 3.81. The summed E-state index contributed by atoms with van der Waals surface area (Å²) >= 11 is 0. The molecule has 8 nitrogen and oxygen atoms in total. The number of nitrogens with zero attached hydrogens (tertiary/aromatic N) is 3. The maximum absolute atomic E-state index is 12.2. The summed E-state index contributed by atoms with van der Waals surface area (Å²) in [6.45, 7) is 4.43. The van der Waals surface area contributed by atoms with Gasteiger partial charge in [0.15, 0.2) is 0 Å². The molecule has 1 aromatic carbocycles. The van der Waals surface area contributed by atoms with Crippen LogP contribution in [0.3, 0.4) is 0 Å². The molecule has 2 amide bonds. The summed E-state index contributed by atoms with van der Waals surface area (Å²) in [4.78, 5) is 22.6. The van der Waals surface area contributed by atoms with Crippen molar-refractivity contribution in [3.05, 3.63) is 54.4 Å². The number of fused-ring (bicyclic) bond motifs is 1. The highest BCUT2D eigenvalue weighted by molar-refractivity contribution is 5.94. The van der Waals surface area contributed by atoms with Crippen LogP contribution < -0.4 is 21.1 Å². The van der Waals surface area contributed by atoms with Gasteiger partial charge in [0.1, 0.15) is 23.7 Å². The minimum atomic E-state index is -0.105. The molecule has 2 aliphatic rings. The zero-order valence-electron chi connectivity index (χ0n) is 18.2. The second-order valence-corrected chi connectivity index (χ2v) is 7.97. The predicted octanol–water partition coefficient (Wildman–Crippen LogP) is 4.42. The third-order valence-corrected chi connectivity index (χ3v) is 5.57. The number of anilines is 2. The van der Waals surface area contributed by atoms with Crippen molar-refractivity contribution in [1.82, 2.24) is 20.2 Å². The van der Waals surface area contributed by atoms with Gasteiger partial charge in [0.25, 0.3) is 0 Å². The Morgan fingerprint density at radius 3 is 2.58 bits per heavy atom. The van der Waals surface area contributed by atoms with Crippen LogP contribution in [0.5, 0.6) is 5.75 Å². The molecule has 2 saturated heterocycles. The lowest BCUT2D eigenvalue weighted by Crippen LogP contribution is -2.32. The van der Waals surface area contributed by atoms with Gasteiger partial charge >= 0.3 is 6.03 Å². The van der Waals surface area contributed by atoms with E-state index >= 15 is 0 Å². The molecule has 2 aromatic heterocycles. The van der Waals surface area contributed by atoms with Crippen molar-refractivity contribution in [2.45, 2.75) is 39.7 Å². The molecule has 3 aromatic rings. The van der Waals surface area contributed by atoms with E-state index in [1.54, 1.807) is 17.3 Å². The molecule has 0 radical (unpaired) electrons. The Morgan fingerprint density at radius 2 is 1.85 bits per heavy atom. The van der Waals surface area contributed by atoms with Gasteiger partial charge in [0.2, 0.25) is 0 Å². The number of nitrogens with two attached hydrogens (primary N) is 1. The van der Waals surface area contributed by atoms with Gasteiger partial charge in [-0.3, -0.25) is 10.3 Å². The van der Waals surface area contributed by atoms with Crippen molar-refractivity contribution in [2.75, 3.05) is 37.2 Å². The van der Waals surface area contributed by atoms with E-state index in [0.29, 0.717) is 23.9 Å². The van der Waals surface area contributed by atoms with Crippen LogP contribution in [0.2, 0.25) is 0 Å². The smallest absolute Gasteiger partial charge is 0.323 e. The summed E-state index contributed by atoms with van der Waals surface area (Å²) in [7, 11) is 0. The van der Waals surface area contributed by atoms with Crippen LogP contribution in [0.4, 0.5) is 16.3 Å². The van der Waals surface area contributed by atoms with Crippen molar-refractivity contribution in [3.63, 3.8) is 0 Å². The number of hydrogen-bond donors (Lipinski definition) is 3. The van der Waals surface area contributed by atoms with Gasteiger partial charge < -0.3 is 20.7 Å². The van der Waals surface area contributed by atoms with E-state index in [4.69, 9.17) is 10.5 Å². The first-order chi connectivity index (χ1) is 15.7. The molecule has 4 N–H and O–H groups in total. The fourth-order valence-electron chi connectivity index (χ4n) is 3.81. The molecule has 0 unspecified atom stereocenters. The van der Waals surface area contributed by atoms with Crippen molar-refractivity contribution >= 4 is 28.4 Å². The summed E-state index contributed by atoms with van der Waals surface area (Å²) in [6, 6.07) is 11.0. The number of benzene rings is 1. The third kappa shape index (κ3) is 6.55. The van der Waals surface area contributed by atoms with Crippen LogP contribution in [-0.2, 0) is 6.61 Å². The molecule has 0 saturated carbocycles. The van der Waals surface area contributed by atoms with E-state index in [9.17, 15) is 4.79 Å². The summed E-state index contributed by atoms with van der Waals surface area (Å²) < 4.78 is 5.95. The number of rotatable bonds is 4. The highest BCUT2D eigenvalue weighted by atomic mass is 16.5. The van der Waals surface area contributed by atoms with Crippen LogP contribution >= 0.6 is 0 Å². The first kappa shape index (κ1) is 24.3. The lowest BCUT2D eigenvalue weighted by Gasteiger charge is -2.16. The lowest BCUT2D eigenvalue weighted by molar-refractivity contribution is 0.222. The molecule has 0 aliphatic carbocycles. The summed E-state index contributed by atoms with van der Waals surface area (Å²) in [5.41, 5.74) is 8.31. The Labute approximate surface area is 195 Å². The van der Waals surface area contributed by atoms with E-state index in [0.717, 1.165) is 42.4 Å². The number of carbonyl (C=O) groups excluding carboxylic acids is 1. The summed E-state index contributed by atoms with van der Waals surface area (Å²) in [6.07, 6.45) is 8.27. The topological polar surface area (TPSA) is 105 Å². The molecule has 0 atom stereocenters. The number of aromatic nitrogens is 2.